The Bertz CT molecular complexity index is 415. The third kappa shape index (κ3) is 1.79. The Morgan fingerprint density at radius 3 is 2.75 bits per heavy atom. The van der Waals surface area contributed by atoms with Crippen molar-refractivity contribution in [1.82, 2.24) is 9.97 Å². The first-order valence-electron chi connectivity index (χ1n) is 5.66. The maximum absolute atomic E-state index is 11.3. The van der Waals surface area contributed by atoms with Gasteiger partial charge in [0.15, 0.2) is 0 Å². The predicted molar refractivity (Wildman–Crippen MR) is 59.3 cm³/mol. The summed E-state index contributed by atoms with van der Waals surface area (Å²) in [5.74, 6) is -1.24. The van der Waals surface area contributed by atoms with Gasteiger partial charge in [-0.15, -0.1) is 0 Å². The fourth-order valence-electron chi connectivity index (χ4n) is 2.37. The number of carbonyl (C=O) groups is 1. The summed E-state index contributed by atoms with van der Waals surface area (Å²) in [7, 11) is 0. The third-order valence-corrected chi connectivity index (χ3v) is 3.14. The van der Waals surface area contributed by atoms with Gasteiger partial charge < -0.3 is 5.11 Å². The molecule has 1 aliphatic rings. The molecular formula is C12H16N2O2. The van der Waals surface area contributed by atoms with Gasteiger partial charge in [0.1, 0.15) is 12.2 Å². The van der Waals surface area contributed by atoms with E-state index in [9.17, 15) is 9.90 Å². The Morgan fingerprint density at radius 2 is 2.12 bits per heavy atom. The molecule has 0 aliphatic heterocycles. The highest BCUT2D eigenvalue weighted by atomic mass is 16.4. The van der Waals surface area contributed by atoms with Crippen LogP contribution in [0.1, 0.15) is 43.1 Å². The predicted octanol–water partition coefficient (Wildman–Crippen LogP) is 1.79. The normalized spacial score (nSPS) is 16.2. The van der Waals surface area contributed by atoms with E-state index in [1.54, 1.807) is 0 Å². The summed E-state index contributed by atoms with van der Waals surface area (Å²) in [6.45, 7) is 3.84. The summed E-state index contributed by atoms with van der Waals surface area (Å²) < 4.78 is 0. The molecule has 0 amide bonds. The molecule has 0 radical (unpaired) electrons. The quantitative estimate of drug-likeness (QED) is 0.843. The first kappa shape index (κ1) is 11.0. The molecule has 0 aromatic carbocycles. The maximum Gasteiger partial charge on any atom is 0.312 e. The summed E-state index contributed by atoms with van der Waals surface area (Å²) in [5, 5.41) is 9.27. The number of nitrogens with zero attached hydrogens (tertiary/aromatic N) is 2. The van der Waals surface area contributed by atoms with Crippen molar-refractivity contribution in [3.05, 3.63) is 23.3 Å². The molecule has 1 aromatic rings. The smallest absolute Gasteiger partial charge is 0.312 e. The van der Waals surface area contributed by atoms with Crippen molar-refractivity contribution < 1.29 is 9.90 Å². The number of hydrogen-bond acceptors (Lipinski definition) is 3. The molecule has 0 spiro atoms. The number of carboxylic acid groups (broad SMARTS) is 1. The molecule has 16 heavy (non-hydrogen) atoms. The first-order chi connectivity index (χ1) is 7.61. The summed E-state index contributed by atoms with van der Waals surface area (Å²) in [6, 6.07) is 0. The van der Waals surface area contributed by atoms with E-state index in [0.29, 0.717) is 0 Å². The van der Waals surface area contributed by atoms with Gasteiger partial charge in [0, 0.05) is 5.69 Å². The zero-order valence-electron chi connectivity index (χ0n) is 9.60. The second-order valence-electron chi connectivity index (χ2n) is 4.60. The minimum Gasteiger partial charge on any atom is -0.481 e. The Balaban J connectivity index is 2.46. The lowest BCUT2D eigenvalue weighted by atomic mass is 9.89. The summed E-state index contributed by atoms with van der Waals surface area (Å²) in [6.07, 6.45) is 4.43. The highest BCUT2D eigenvalue weighted by molar-refractivity contribution is 5.76. The van der Waals surface area contributed by atoms with Crippen LogP contribution in [0.2, 0.25) is 0 Å². The number of aryl methyl sites for hydroxylation is 1. The SMILES string of the molecule is CC(C)C(C(=O)O)c1ncnc2c1CCC2. The zero-order chi connectivity index (χ0) is 11.7. The first-order valence-corrected chi connectivity index (χ1v) is 5.66. The van der Waals surface area contributed by atoms with Crippen molar-refractivity contribution in [2.75, 3.05) is 0 Å². The van der Waals surface area contributed by atoms with Crippen molar-refractivity contribution in [3.8, 4) is 0 Å². The third-order valence-electron chi connectivity index (χ3n) is 3.14. The second-order valence-corrected chi connectivity index (χ2v) is 4.60. The van der Waals surface area contributed by atoms with E-state index in [0.717, 1.165) is 36.2 Å². The van der Waals surface area contributed by atoms with Gasteiger partial charge in [-0.05, 0) is 30.7 Å². The van der Waals surface area contributed by atoms with Crippen LogP contribution in [0, 0.1) is 5.92 Å². The van der Waals surface area contributed by atoms with Crippen LogP contribution < -0.4 is 0 Å². The van der Waals surface area contributed by atoms with Gasteiger partial charge in [0.05, 0.1) is 5.69 Å². The van der Waals surface area contributed by atoms with E-state index in [1.807, 2.05) is 13.8 Å². The van der Waals surface area contributed by atoms with Gasteiger partial charge in [-0.3, -0.25) is 4.79 Å². The molecule has 0 bridgehead atoms. The van der Waals surface area contributed by atoms with Crippen LogP contribution in [0.15, 0.2) is 6.33 Å². The van der Waals surface area contributed by atoms with Crippen LogP contribution in [-0.2, 0) is 17.6 Å². The average molecular weight is 220 g/mol. The van der Waals surface area contributed by atoms with Crippen molar-refractivity contribution >= 4 is 5.97 Å². The molecule has 1 aliphatic carbocycles. The largest absolute Gasteiger partial charge is 0.481 e. The molecule has 1 unspecified atom stereocenters. The highest BCUT2D eigenvalue weighted by Gasteiger charge is 2.30. The van der Waals surface area contributed by atoms with Crippen molar-refractivity contribution in [3.63, 3.8) is 0 Å². The number of carboxylic acids is 1. The Hall–Kier alpha value is -1.45. The monoisotopic (exact) mass is 220 g/mol. The van der Waals surface area contributed by atoms with Gasteiger partial charge in [0.25, 0.3) is 0 Å². The van der Waals surface area contributed by atoms with Crippen LogP contribution in [-0.4, -0.2) is 21.0 Å². The van der Waals surface area contributed by atoms with E-state index in [2.05, 4.69) is 9.97 Å². The summed E-state index contributed by atoms with van der Waals surface area (Å²) in [4.78, 5) is 19.7. The van der Waals surface area contributed by atoms with Crippen LogP contribution in [0.5, 0.6) is 0 Å². The topological polar surface area (TPSA) is 63.1 Å². The molecule has 1 heterocycles. The Kier molecular flexibility index (Phi) is 2.90. The number of rotatable bonds is 3. The van der Waals surface area contributed by atoms with Crippen molar-refractivity contribution in [1.29, 1.82) is 0 Å². The van der Waals surface area contributed by atoms with Crippen LogP contribution >= 0.6 is 0 Å². The minimum absolute atomic E-state index is 0.0529. The van der Waals surface area contributed by atoms with Gasteiger partial charge in [-0.2, -0.15) is 0 Å². The van der Waals surface area contributed by atoms with Gasteiger partial charge in [-0.1, -0.05) is 13.8 Å². The van der Waals surface area contributed by atoms with Gasteiger partial charge in [-0.25, -0.2) is 9.97 Å². The molecule has 1 aromatic heterocycles. The molecule has 0 saturated heterocycles. The van der Waals surface area contributed by atoms with E-state index >= 15 is 0 Å². The standard InChI is InChI=1S/C12H16N2O2/c1-7(2)10(12(15)16)11-8-4-3-5-9(8)13-6-14-11/h6-7,10H,3-5H2,1-2H3,(H,15,16). The number of hydrogen-bond donors (Lipinski definition) is 1. The molecule has 2 rings (SSSR count). The highest BCUT2D eigenvalue weighted by Crippen LogP contribution is 2.31. The van der Waals surface area contributed by atoms with E-state index in [4.69, 9.17) is 0 Å². The number of fused-ring (bicyclic) bond motifs is 1. The van der Waals surface area contributed by atoms with E-state index < -0.39 is 11.9 Å². The van der Waals surface area contributed by atoms with Crippen molar-refractivity contribution in [2.24, 2.45) is 5.92 Å². The maximum atomic E-state index is 11.3. The average Bonchev–Trinajstić information content (AvgIpc) is 2.65. The van der Waals surface area contributed by atoms with Crippen LogP contribution in [0.3, 0.4) is 0 Å². The van der Waals surface area contributed by atoms with E-state index in [1.165, 1.54) is 6.33 Å². The number of aromatic nitrogens is 2. The van der Waals surface area contributed by atoms with Gasteiger partial charge >= 0.3 is 5.97 Å². The molecule has 1 N–H and O–H groups in total. The molecule has 0 fully saturated rings. The number of aliphatic carboxylic acids is 1. The molecular weight excluding hydrogens is 204 g/mol. The molecule has 4 nitrogen and oxygen atoms in total. The second kappa shape index (κ2) is 4.20. The minimum atomic E-state index is -0.789. The summed E-state index contributed by atoms with van der Waals surface area (Å²) in [5.41, 5.74) is 2.84. The van der Waals surface area contributed by atoms with Crippen LogP contribution in [0.25, 0.3) is 0 Å². The van der Waals surface area contributed by atoms with Crippen LogP contribution in [0.4, 0.5) is 0 Å². The molecule has 0 saturated carbocycles. The molecule has 86 valence electrons. The lowest BCUT2D eigenvalue weighted by molar-refractivity contribution is -0.140. The molecule has 1 atom stereocenters. The Labute approximate surface area is 94.7 Å². The summed E-state index contributed by atoms with van der Waals surface area (Å²) >= 11 is 0. The van der Waals surface area contributed by atoms with Gasteiger partial charge in [0.2, 0.25) is 0 Å². The Morgan fingerprint density at radius 1 is 1.38 bits per heavy atom. The van der Waals surface area contributed by atoms with E-state index in [-0.39, 0.29) is 5.92 Å². The zero-order valence-corrected chi connectivity index (χ0v) is 9.60. The lowest BCUT2D eigenvalue weighted by Crippen LogP contribution is -2.20. The fraction of sp³-hybridized carbons (Fsp3) is 0.583. The molecule has 4 heteroatoms. The fourth-order valence-corrected chi connectivity index (χ4v) is 2.37. The van der Waals surface area contributed by atoms with Crippen molar-refractivity contribution in [2.45, 2.75) is 39.0 Å². The lowest BCUT2D eigenvalue weighted by Gasteiger charge is -2.18.